The van der Waals surface area contributed by atoms with Gasteiger partial charge in [0.1, 0.15) is 5.75 Å². The lowest BCUT2D eigenvalue weighted by Crippen LogP contribution is -1.98. The van der Waals surface area contributed by atoms with Crippen LogP contribution in [0.5, 0.6) is 5.75 Å². The molecule has 0 aromatic heterocycles. The summed E-state index contributed by atoms with van der Waals surface area (Å²) >= 11 is 1.59. The van der Waals surface area contributed by atoms with Crippen molar-refractivity contribution in [2.24, 2.45) is 5.73 Å². The summed E-state index contributed by atoms with van der Waals surface area (Å²) in [5, 5.41) is 9.33. The molecule has 3 heteroatoms. The van der Waals surface area contributed by atoms with E-state index in [0.29, 0.717) is 12.3 Å². The van der Waals surface area contributed by atoms with Gasteiger partial charge in [-0.3, -0.25) is 0 Å². The van der Waals surface area contributed by atoms with Crippen LogP contribution in [0, 0.1) is 0 Å². The fourth-order valence-corrected chi connectivity index (χ4v) is 1.60. The zero-order valence-corrected chi connectivity index (χ0v) is 7.19. The van der Waals surface area contributed by atoms with Crippen LogP contribution in [0.1, 0.15) is 5.56 Å². The van der Waals surface area contributed by atoms with E-state index in [0.717, 1.165) is 10.5 Å². The van der Waals surface area contributed by atoms with Gasteiger partial charge in [-0.15, -0.1) is 11.8 Å². The number of hydrogen-bond acceptors (Lipinski definition) is 3. The predicted molar refractivity (Wildman–Crippen MR) is 47.8 cm³/mol. The van der Waals surface area contributed by atoms with Gasteiger partial charge in [0.05, 0.1) is 0 Å². The molecule has 0 spiro atoms. The molecule has 0 aliphatic heterocycles. The SMILES string of the molecule is CSc1cccc(O)c1CN. The Bertz CT molecular complexity index is 250. The molecule has 0 saturated heterocycles. The minimum Gasteiger partial charge on any atom is -0.508 e. The molecule has 0 bridgehead atoms. The van der Waals surface area contributed by atoms with Gasteiger partial charge in [0.25, 0.3) is 0 Å². The second-order valence-electron chi connectivity index (χ2n) is 2.16. The molecule has 11 heavy (non-hydrogen) atoms. The maximum Gasteiger partial charge on any atom is 0.121 e. The Morgan fingerprint density at radius 2 is 2.27 bits per heavy atom. The van der Waals surface area contributed by atoms with Crippen LogP contribution >= 0.6 is 11.8 Å². The second-order valence-corrected chi connectivity index (χ2v) is 3.01. The van der Waals surface area contributed by atoms with Crippen molar-refractivity contribution in [2.45, 2.75) is 11.4 Å². The summed E-state index contributed by atoms with van der Waals surface area (Å²) in [5.74, 6) is 0.291. The van der Waals surface area contributed by atoms with Gasteiger partial charge in [0, 0.05) is 17.0 Å². The third-order valence-corrected chi connectivity index (χ3v) is 2.35. The smallest absolute Gasteiger partial charge is 0.121 e. The fraction of sp³-hybridized carbons (Fsp3) is 0.250. The van der Waals surface area contributed by atoms with Gasteiger partial charge in [-0.1, -0.05) is 6.07 Å². The Kier molecular flexibility index (Phi) is 2.79. The summed E-state index contributed by atoms with van der Waals surface area (Å²) < 4.78 is 0. The molecule has 1 aromatic carbocycles. The monoisotopic (exact) mass is 169 g/mol. The number of phenolic OH excluding ortho intramolecular Hbond substituents is 1. The van der Waals surface area contributed by atoms with Crippen molar-refractivity contribution in [1.82, 2.24) is 0 Å². The number of aromatic hydroxyl groups is 1. The highest BCUT2D eigenvalue weighted by Crippen LogP contribution is 2.26. The molecule has 2 nitrogen and oxygen atoms in total. The summed E-state index contributed by atoms with van der Waals surface area (Å²) in [4.78, 5) is 1.05. The lowest BCUT2D eigenvalue weighted by Gasteiger charge is -2.05. The maximum atomic E-state index is 9.33. The van der Waals surface area contributed by atoms with Crippen LogP contribution in [0.3, 0.4) is 0 Å². The van der Waals surface area contributed by atoms with Crippen LogP contribution in [0.4, 0.5) is 0 Å². The van der Waals surface area contributed by atoms with Crippen LogP contribution in [-0.4, -0.2) is 11.4 Å². The Balaban J connectivity index is 3.13. The van der Waals surface area contributed by atoms with Crippen molar-refractivity contribution in [2.75, 3.05) is 6.26 Å². The van der Waals surface area contributed by atoms with Gasteiger partial charge in [-0.25, -0.2) is 0 Å². The van der Waals surface area contributed by atoms with Crippen LogP contribution in [-0.2, 0) is 6.54 Å². The van der Waals surface area contributed by atoms with Crippen molar-refractivity contribution in [1.29, 1.82) is 0 Å². The molecular formula is C8H11NOS. The predicted octanol–water partition coefficient (Wildman–Crippen LogP) is 1.57. The molecule has 0 radical (unpaired) electrons. The molecule has 3 N–H and O–H groups in total. The molecule has 0 amide bonds. The van der Waals surface area contributed by atoms with Gasteiger partial charge in [-0.2, -0.15) is 0 Å². The maximum absolute atomic E-state index is 9.33. The highest BCUT2D eigenvalue weighted by Gasteiger charge is 2.03. The van der Waals surface area contributed by atoms with Crippen LogP contribution < -0.4 is 5.73 Å². The highest BCUT2D eigenvalue weighted by atomic mass is 32.2. The average Bonchev–Trinajstić information content (AvgIpc) is 2.04. The molecule has 60 valence electrons. The Hall–Kier alpha value is -0.670. The summed E-state index contributed by atoms with van der Waals surface area (Å²) in [6.07, 6.45) is 1.97. The molecule has 0 atom stereocenters. The van der Waals surface area contributed by atoms with Crippen molar-refractivity contribution in [3.63, 3.8) is 0 Å². The van der Waals surface area contributed by atoms with Gasteiger partial charge < -0.3 is 10.8 Å². The molecule has 0 aliphatic carbocycles. The molecule has 0 unspecified atom stereocenters. The number of benzene rings is 1. The van der Waals surface area contributed by atoms with E-state index in [1.54, 1.807) is 17.8 Å². The number of phenols is 1. The van der Waals surface area contributed by atoms with E-state index in [1.807, 2.05) is 18.4 Å². The first-order valence-corrected chi connectivity index (χ1v) is 4.57. The third-order valence-electron chi connectivity index (χ3n) is 1.53. The van der Waals surface area contributed by atoms with Crippen molar-refractivity contribution in [3.8, 4) is 5.75 Å². The fourth-order valence-electron chi connectivity index (χ4n) is 0.950. The molecule has 0 heterocycles. The van der Waals surface area contributed by atoms with E-state index in [9.17, 15) is 5.11 Å². The molecule has 1 aromatic rings. The van der Waals surface area contributed by atoms with Crippen LogP contribution in [0.15, 0.2) is 23.1 Å². The second kappa shape index (κ2) is 3.64. The van der Waals surface area contributed by atoms with E-state index < -0.39 is 0 Å². The van der Waals surface area contributed by atoms with Gasteiger partial charge >= 0.3 is 0 Å². The summed E-state index contributed by atoms with van der Waals surface area (Å²) in [6, 6.07) is 5.43. The zero-order chi connectivity index (χ0) is 8.27. The summed E-state index contributed by atoms with van der Waals surface area (Å²) in [6.45, 7) is 0.392. The lowest BCUT2D eigenvalue weighted by molar-refractivity contribution is 0.466. The topological polar surface area (TPSA) is 46.2 Å². The quantitative estimate of drug-likeness (QED) is 0.661. The van der Waals surface area contributed by atoms with Gasteiger partial charge in [0.15, 0.2) is 0 Å². The minimum atomic E-state index is 0.291. The van der Waals surface area contributed by atoms with Crippen molar-refractivity contribution < 1.29 is 5.11 Å². The third kappa shape index (κ3) is 1.67. The summed E-state index contributed by atoms with van der Waals surface area (Å²) in [5.41, 5.74) is 6.29. The highest BCUT2D eigenvalue weighted by molar-refractivity contribution is 7.98. The van der Waals surface area contributed by atoms with E-state index in [2.05, 4.69) is 0 Å². The largest absolute Gasteiger partial charge is 0.508 e. The lowest BCUT2D eigenvalue weighted by atomic mass is 10.2. The standard InChI is InChI=1S/C8H11NOS/c1-11-8-4-2-3-7(10)6(8)5-9/h2-4,10H,5,9H2,1H3. The van der Waals surface area contributed by atoms with Crippen molar-refractivity contribution >= 4 is 11.8 Å². The first-order valence-electron chi connectivity index (χ1n) is 3.34. The Morgan fingerprint density at radius 3 is 2.73 bits per heavy atom. The number of hydrogen-bond donors (Lipinski definition) is 2. The number of rotatable bonds is 2. The first kappa shape index (κ1) is 8.43. The molecule has 1 rings (SSSR count). The normalized spacial score (nSPS) is 10.0. The molecule has 0 saturated carbocycles. The van der Waals surface area contributed by atoms with E-state index in [4.69, 9.17) is 5.73 Å². The zero-order valence-electron chi connectivity index (χ0n) is 6.37. The minimum absolute atomic E-state index is 0.291. The molecule has 0 fully saturated rings. The van der Waals surface area contributed by atoms with E-state index in [-0.39, 0.29) is 0 Å². The Labute approximate surface area is 70.4 Å². The van der Waals surface area contributed by atoms with E-state index in [1.165, 1.54) is 0 Å². The molecular weight excluding hydrogens is 158 g/mol. The molecule has 0 aliphatic rings. The van der Waals surface area contributed by atoms with E-state index >= 15 is 0 Å². The van der Waals surface area contributed by atoms with Crippen LogP contribution in [0.2, 0.25) is 0 Å². The number of thioether (sulfide) groups is 1. The van der Waals surface area contributed by atoms with Crippen molar-refractivity contribution in [3.05, 3.63) is 23.8 Å². The van der Waals surface area contributed by atoms with Gasteiger partial charge in [-0.05, 0) is 18.4 Å². The number of nitrogens with two attached hydrogens (primary N) is 1. The first-order chi connectivity index (χ1) is 5.29. The average molecular weight is 169 g/mol. The van der Waals surface area contributed by atoms with Gasteiger partial charge in [0.2, 0.25) is 0 Å². The van der Waals surface area contributed by atoms with Crippen LogP contribution in [0.25, 0.3) is 0 Å². The Morgan fingerprint density at radius 1 is 1.55 bits per heavy atom. The summed E-state index contributed by atoms with van der Waals surface area (Å²) in [7, 11) is 0.